The molecule has 0 saturated carbocycles. The number of nitrogens with zero attached hydrogens (tertiary/aromatic N) is 1. The van der Waals surface area contributed by atoms with Gasteiger partial charge in [-0.05, 0) is 55.5 Å². The van der Waals surface area contributed by atoms with Gasteiger partial charge in [-0.2, -0.15) is 4.31 Å². The normalized spacial score (nSPS) is 21.6. The predicted molar refractivity (Wildman–Crippen MR) is 118 cm³/mol. The van der Waals surface area contributed by atoms with Crippen LogP contribution in [0, 0.1) is 0 Å². The standard InChI is InChI=1S/C23H30N2O4S/c1-3-18-7-9-22(10-8-18)30(26,27)25-13-11-23(12-14-25)16-20(17-29-23)24-19-5-4-6-21(15-19)28-2/h4-10,15,20,24H,3,11-14,16-17H2,1-2H3/t20-/m0/s1. The minimum Gasteiger partial charge on any atom is -0.497 e. The van der Waals surface area contributed by atoms with Gasteiger partial charge in [-0.15, -0.1) is 0 Å². The lowest BCUT2D eigenvalue weighted by Crippen LogP contribution is -2.46. The molecule has 2 aliphatic rings. The molecule has 2 aromatic carbocycles. The zero-order chi connectivity index (χ0) is 21.2. The van der Waals surface area contributed by atoms with Crippen LogP contribution in [0.5, 0.6) is 5.75 Å². The second kappa shape index (κ2) is 8.57. The van der Waals surface area contributed by atoms with Crippen LogP contribution in [0.2, 0.25) is 0 Å². The lowest BCUT2D eigenvalue weighted by atomic mass is 9.88. The third-order valence-electron chi connectivity index (χ3n) is 6.25. The second-order valence-corrected chi connectivity index (χ2v) is 10.1. The van der Waals surface area contributed by atoms with Crippen molar-refractivity contribution in [2.75, 3.05) is 32.1 Å². The molecule has 0 aromatic heterocycles. The van der Waals surface area contributed by atoms with Gasteiger partial charge in [-0.1, -0.05) is 25.1 Å². The van der Waals surface area contributed by atoms with Crippen molar-refractivity contribution in [3.63, 3.8) is 0 Å². The van der Waals surface area contributed by atoms with E-state index in [1.807, 2.05) is 36.4 Å². The summed E-state index contributed by atoms with van der Waals surface area (Å²) >= 11 is 0. The van der Waals surface area contributed by atoms with Crippen LogP contribution in [0.1, 0.15) is 31.7 Å². The van der Waals surface area contributed by atoms with E-state index >= 15 is 0 Å². The minimum atomic E-state index is -3.45. The molecule has 2 heterocycles. The average molecular weight is 431 g/mol. The molecule has 1 spiro atoms. The van der Waals surface area contributed by atoms with E-state index in [2.05, 4.69) is 12.2 Å². The quantitative estimate of drug-likeness (QED) is 0.757. The van der Waals surface area contributed by atoms with Crippen molar-refractivity contribution < 1.29 is 17.9 Å². The van der Waals surface area contributed by atoms with E-state index in [1.165, 1.54) is 0 Å². The van der Waals surface area contributed by atoms with E-state index in [0.29, 0.717) is 24.6 Å². The van der Waals surface area contributed by atoms with Gasteiger partial charge in [0.05, 0.1) is 30.3 Å². The Labute approximate surface area is 179 Å². The molecule has 4 rings (SSSR count). The van der Waals surface area contributed by atoms with Gasteiger partial charge in [0.15, 0.2) is 0 Å². The van der Waals surface area contributed by atoms with E-state index < -0.39 is 10.0 Å². The van der Waals surface area contributed by atoms with Crippen LogP contribution in [-0.4, -0.2) is 51.2 Å². The summed E-state index contributed by atoms with van der Waals surface area (Å²) in [6, 6.07) is 15.3. The second-order valence-electron chi connectivity index (χ2n) is 8.17. The van der Waals surface area contributed by atoms with Crippen molar-refractivity contribution in [2.45, 2.75) is 49.1 Å². The lowest BCUT2D eigenvalue weighted by molar-refractivity contribution is -0.0310. The van der Waals surface area contributed by atoms with Gasteiger partial charge in [0.2, 0.25) is 10.0 Å². The van der Waals surface area contributed by atoms with E-state index in [-0.39, 0.29) is 11.6 Å². The van der Waals surface area contributed by atoms with Crippen molar-refractivity contribution in [1.82, 2.24) is 4.31 Å². The Morgan fingerprint density at radius 3 is 2.57 bits per heavy atom. The molecule has 2 aliphatic heterocycles. The van der Waals surface area contributed by atoms with Crippen LogP contribution in [0.3, 0.4) is 0 Å². The van der Waals surface area contributed by atoms with Crippen molar-refractivity contribution >= 4 is 15.7 Å². The molecular weight excluding hydrogens is 400 g/mol. The maximum Gasteiger partial charge on any atom is 0.243 e. The van der Waals surface area contributed by atoms with E-state index in [4.69, 9.17) is 9.47 Å². The Bertz CT molecular complexity index is 967. The number of nitrogens with one attached hydrogen (secondary N) is 1. The van der Waals surface area contributed by atoms with Crippen LogP contribution in [0.25, 0.3) is 0 Å². The first kappa shape index (κ1) is 21.2. The van der Waals surface area contributed by atoms with Gasteiger partial charge >= 0.3 is 0 Å². The Kier molecular flexibility index (Phi) is 6.04. The Morgan fingerprint density at radius 2 is 1.90 bits per heavy atom. The molecule has 7 heteroatoms. The first-order valence-electron chi connectivity index (χ1n) is 10.6. The van der Waals surface area contributed by atoms with Crippen molar-refractivity contribution in [2.24, 2.45) is 0 Å². The molecule has 30 heavy (non-hydrogen) atoms. The summed E-state index contributed by atoms with van der Waals surface area (Å²) < 4.78 is 39.1. The maximum atomic E-state index is 13.0. The van der Waals surface area contributed by atoms with Crippen LogP contribution < -0.4 is 10.1 Å². The Morgan fingerprint density at radius 1 is 1.17 bits per heavy atom. The summed E-state index contributed by atoms with van der Waals surface area (Å²) in [6.45, 7) is 3.67. The molecule has 0 bridgehead atoms. The Balaban J connectivity index is 1.36. The number of hydrogen-bond donors (Lipinski definition) is 1. The van der Waals surface area contributed by atoms with Gasteiger partial charge < -0.3 is 14.8 Å². The zero-order valence-corrected chi connectivity index (χ0v) is 18.5. The summed E-state index contributed by atoms with van der Waals surface area (Å²) in [7, 11) is -1.80. The summed E-state index contributed by atoms with van der Waals surface area (Å²) in [5, 5.41) is 3.53. The third-order valence-corrected chi connectivity index (χ3v) is 8.17. The number of sulfonamides is 1. The molecule has 2 fully saturated rings. The molecule has 1 N–H and O–H groups in total. The monoisotopic (exact) mass is 430 g/mol. The number of rotatable bonds is 6. The zero-order valence-electron chi connectivity index (χ0n) is 17.6. The maximum absolute atomic E-state index is 13.0. The molecule has 6 nitrogen and oxygen atoms in total. The summed E-state index contributed by atoms with van der Waals surface area (Å²) in [6.07, 6.45) is 3.21. The van der Waals surface area contributed by atoms with Crippen molar-refractivity contribution in [1.29, 1.82) is 0 Å². The fourth-order valence-electron chi connectivity index (χ4n) is 4.41. The molecule has 2 saturated heterocycles. The number of aryl methyl sites for hydroxylation is 1. The van der Waals surface area contributed by atoms with E-state index in [0.717, 1.165) is 42.7 Å². The van der Waals surface area contributed by atoms with Crippen molar-refractivity contribution in [3.8, 4) is 5.75 Å². The largest absolute Gasteiger partial charge is 0.497 e. The summed E-state index contributed by atoms with van der Waals surface area (Å²) in [5.41, 5.74) is 1.91. The highest BCUT2D eigenvalue weighted by Gasteiger charge is 2.44. The predicted octanol–water partition coefficient (Wildman–Crippen LogP) is 3.68. The highest BCUT2D eigenvalue weighted by atomic mass is 32.2. The van der Waals surface area contributed by atoms with Gasteiger partial charge in [-0.25, -0.2) is 8.42 Å². The summed E-state index contributed by atoms with van der Waals surface area (Å²) in [4.78, 5) is 0.376. The highest BCUT2D eigenvalue weighted by Crippen LogP contribution is 2.38. The topological polar surface area (TPSA) is 67.9 Å². The van der Waals surface area contributed by atoms with Gasteiger partial charge in [0.25, 0.3) is 0 Å². The van der Waals surface area contributed by atoms with Crippen LogP contribution >= 0.6 is 0 Å². The van der Waals surface area contributed by atoms with Gasteiger partial charge in [-0.3, -0.25) is 0 Å². The summed E-state index contributed by atoms with van der Waals surface area (Å²) in [5.74, 6) is 0.819. The first-order valence-corrected chi connectivity index (χ1v) is 12.0. The van der Waals surface area contributed by atoms with E-state index in [9.17, 15) is 8.42 Å². The SMILES string of the molecule is CCc1ccc(S(=O)(=O)N2CCC3(CC2)C[C@H](Nc2cccc(OC)c2)CO3)cc1. The Hall–Kier alpha value is -2.09. The van der Waals surface area contributed by atoms with Crippen LogP contribution in [0.4, 0.5) is 5.69 Å². The van der Waals surface area contributed by atoms with Gasteiger partial charge in [0.1, 0.15) is 5.75 Å². The molecule has 0 amide bonds. The third kappa shape index (κ3) is 4.33. The number of methoxy groups -OCH3 is 1. The fourth-order valence-corrected chi connectivity index (χ4v) is 5.86. The average Bonchev–Trinajstić information content (AvgIpc) is 3.15. The van der Waals surface area contributed by atoms with Crippen LogP contribution in [0.15, 0.2) is 53.4 Å². The first-order chi connectivity index (χ1) is 14.4. The highest BCUT2D eigenvalue weighted by molar-refractivity contribution is 7.89. The van der Waals surface area contributed by atoms with Crippen molar-refractivity contribution in [3.05, 3.63) is 54.1 Å². The molecule has 0 radical (unpaired) electrons. The van der Waals surface area contributed by atoms with Gasteiger partial charge in [0, 0.05) is 24.8 Å². The molecular formula is C23H30N2O4S. The number of anilines is 1. The smallest absolute Gasteiger partial charge is 0.243 e. The molecule has 162 valence electrons. The number of hydrogen-bond acceptors (Lipinski definition) is 5. The van der Waals surface area contributed by atoms with E-state index in [1.54, 1.807) is 23.5 Å². The molecule has 1 atom stereocenters. The fraction of sp³-hybridized carbons (Fsp3) is 0.478. The van der Waals surface area contributed by atoms with Crippen LogP contribution in [-0.2, 0) is 21.2 Å². The lowest BCUT2D eigenvalue weighted by Gasteiger charge is -2.38. The number of benzene rings is 2. The number of piperidine rings is 1. The minimum absolute atomic E-state index is 0.210. The number of ether oxygens (including phenoxy) is 2. The molecule has 0 aliphatic carbocycles. The molecule has 0 unspecified atom stereocenters. The molecule has 2 aromatic rings.